The first-order chi connectivity index (χ1) is 10.4. The molecule has 0 atom stereocenters. The molecule has 1 aliphatic rings. The molecule has 1 aliphatic heterocycles. The average Bonchev–Trinajstić information content (AvgIpc) is 2.54. The lowest BCUT2D eigenvalue weighted by Crippen LogP contribution is -2.43. The maximum absolute atomic E-state index is 12.6. The Bertz CT molecular complexity index is 660. The van der Waals surface area contributed by atoms with Gasteiger partial charge < -0.3 is 10.1 Å². The van der Waals surface area contributed by atoms with Crippen LogP contribution in [0.5, 0.6) is 5.75 Å². The highest BCUT2D eigenvalue weighted by atomic mass is 35.5. The maximum Gasteiger partial charge on any atom is 0.312 e. The van der Waals surface area contributed by atoms with Crippen molar-refractivity contribution in [2.75, 3.05) is 27.2 Å². The molecule has 1 aromatic rings. The lowest BCUT2D eigenvalue weighted by atomic mass is 10.1. The van der Waals surface area contributed by atoms with Crippen molar-refractivity contribution in [1.82, 2.24) is 9.62 Å². The summed E-state index contributed by atoms with van der Waals surface area (Å²) in [5.41, 5.74) is -0.353. The normalized spacial score (nSPS) is 16.6. The number of hydrogen-bond donors (Lipinski definition) is 1. The fourth-order valence-electron chi connectivity index (χ4n) is 2.51. The van der Waals surface area contributed by atoms with E-state index >= 15 is 0 Å². The summed E-state index contributed by atoms with van der Waals surface area (Å²) < 4.78 is 31.5. The molecule has 0 amide bonds. The number of halogens is 1. The summed E-state index contributed by atoms with van der Waals surface area (Å²) in [6.07, 6.45) is 1.43. The van der Waals surface area contributed by atoms with Crippen LogP contribution in [0.25, 0.3) is 0 Å². The number of nitro benzene ring substituents is 1. The number of ether oxygens (including phenoxy) is 1. The number of nitrogens with one attached hydrogen (secondary N) is 1. The molecule has 1 N–H and O–H groups in total. The smallest absolute Gasteiger partial charge is 0.312 e. The van der Waals surface area contributed by atoms with E-state index < -0.39 is 14.9 Å². The van der Waals surface area contributed by atoms with Crippen LogP contribution in [-0.2, 0) is 10.0 Å². The van der Waals surface area contributed by atoms with E-state index in [9.17, 15) is 18.5 Å². The van der Waals surface area contributed by atoms with Gasteiger partial charge in [-0.1, -0.05) is 0 Å². The average molecular weight is 366 g/mol. The number of hydrogen-bond acceptors (Lipinski definition) is 6. The predicted octanol–water partition coefficient (Wildman–Crippen LogP) is 1.40. The van der Waals surface area contributed by atoms with Crippen molar-refractivity contribution in [2.24, 2.45) is 0 Å². The van der Waals surface area contributed by atoms with Crippen molar-refractivity contribution in [3.8, 4) is 5.75 Å². The largest absolute Gasteiger partial charge is 0.490 e. The summed E-state index contributed by atoms with van der Waals surface area (Å²) >= 11 is 0. The summed E-state index contributed by atoms with van der Waals surface area (Å²) in [5, 5.41) is 14.2. The second-order valence-electron chi connectivity index (χ2n) is 5.06. The fourth-order valence-corrected chi connectivity index (χ4v) is 4.00. The van der Waals surface area contributed by atoms with E-state index in [-0.39, 0.29) is 28.7 Å². The van der Waals surface area contributed by atoms with E-state index in [2.05, 4.69) is 5.32 Å². The summed E-state index contributed by atoms with van der Waals surface area (Å²) in [4.78, 5) is 10.3. The minimum absolute atomic E-state index is 0. The highest BCUT2D eigenvalue weighted by Gasteiger charge is 2.30. The molecule has 0 aliphatic carbocycles. The number of benzene rings is 1. The van der Waals surface area contributed by atoms with Crippen molar-refractivity contribution in [3.05, 3.63) is 28.3 Å². The summed E-state index contributed by atoms with van der Waals surface area (Å²) in [6.45, 7) is 0.793. The highest BCUT2D eigenvalue weighted by molar-refractivity contribution is 7.89. The Morgan fingerprint density at radius 1 is 1.35 bits per heavy atom. The number of nitrogens with zero attached hydrogens (tertiary/aromatic N) is 2. The molecule has 10 heteroatoms. The van der Waals surface area contributed by atoms with Gasteiger partial charge in [-0.25, -0.2) is 8.42 Å². The second kappa shape index (κ2) is 7.91. The van der Waals surface area contributed by atoms with Gasteiger partial charge in [0.15, 0.2) is 5.75 Å². The third kappa shape index (κ3) is 4.11. The van der Waals surface area contributed by atoms with Gasteiger partial charge in [-0.05, 0) is 32.0 Å². The van der Waals surface area contributed by atoms with Crippen LogP contribution in [-0.4, -0.2) is 50.9 Å². The third-order valence-electron chi connectivity index (χ3n) is 3.85. The number of nitro groups is 1. The lowest BCUT2D eigenvalue weighted by molar-refractivity contribution is -0.386. The van der Waals surface area contributed by atoms with E-state index in [1.165, 1.54) is 23.5 Å². The zero-order valence-electron chi connectivity index (χ0n) is 12.9. The molecule has 0 spiro atoms. The molecule has 0 aromatic heterocycles. The van der Waals surface area contributed by atoms with Gasteiger partial charge in [-0.3, -0.25) is 10.1 Å². The van der Waals surface area contributed by atoms with Crippen molar-refractivity contribution in [2.45, 2.75) is 23.8 Å². The molecule has 0 saturated carbocycles. The van der Waals surface area contributed by atoms with Crippen molar-refractivity contribution < 1.29 is 18.1 Å². The zero-order chi connectivity index (χ0) is 16.3. The second-order valence-corrected chi connectivity index (χ2v) is 7.00. The van der Waals surface area contributed by atoms with Crippen LogP contribution in [0, 0.1) is 10.1 Å². The first-order valence-electron chi connectivity index (χ1n) is 6.90. The van der Waals surface area contributed by atoms with Gasteiger partial charge in [0, 0.05) is 25.2 Å². The molecule has 130 valence electrons. The molecule has 1 aromatic carbocycles. The van der Waals surface area contributed by atoms with Crippen molar-refractivity contribution in [3.63, 3.8) is 0 Å². The van der Waals surface area contributed by atoms with Gasteiger partial charge >= 0.3 is 5.69 Å². The first kappa shape index (κ1) is 19.6. The van der Waals surface area contributed by atoms with E-state index in [1.807, 2.05) is 7.05 Å². The minimum atomic E-state index is -3.73. The molecular weight excluding hydrogens is 346 g/mol. The molecule has 8 nitrogen and oxygen atoms in total. The number of piperidine rings is 1. The standard InChI is InChI=1S/C13H19N3O5S.ClH/c1-14-10-5-7-15(8-6-10)22(19,20)11-3-4-13(21-2)12(9-11)16(17)18;/h3-4,9-10,14H,5-8H2,1-2H3;1H. The van der Waals surface area contributed by atoms with Gasteiger partial charge in [0.1, 0.15) is 0 Å². The van der Waals surface area contributed by atoms with Gasteiger partial charge in [-0.2, -0.15) is 4.31 Å². The van der Waals surface area contributed by atoms with Crippen LogP contribution in [0.15, 0.2) is 23.1 Å². The topological polar surface area (TPSA) is 102 Å². The Morgan fingerprint density at radius 3 is 2.43 bits per heavy atom. The number of methoxy groups -OCH3 is 1. The molecule has 23 heavy (non-hydrogen) atoms. The van der Waals surface area contributed by atoms with E-state index in [0.717, 1.165) is 6.07 Å². The van der Waals surface area contributed by atoms with Crippen molar-refractivity contribution in [1.29, 1.82) is 0 Å². The summed E-state index contributed by atoms with van der Waals surface area (Å²) in [6, 6.07) is 4.01. The molecule has 0 radical (unpaired) electrons. The van der Waals surface area contributed by atoms with E-state index in [0.29, 0.717) is 32.0 Å². The predicted molar refractivity (Wildman–Crippen MR) is 87.7 cm³/mol. The Morgan fingerprint density at radius 2 is 1.96 bits per heavy atom. The van der Waals surface area contributed by atoms with Crippen LogP contribution >= 0.6 is 12.4 Å². The molecule has 2 rings (SSSR count). The van der Waals surface area contributed by atoms with Crippen LogP contribution < -0.4 is 10.1 Å². The minimum Gasteiger partial charge on any atom is -0.490 e. The SMILES string of the molecule is CNC1CCN(S(=O)(=O)c2ccc(OC)c([N+](=O)[O-])c2)CC1.Cl. The Labute approximate surface area is 141 Å². The molecule has 1 heterocycles. The molecule has 1 saturated heterocycles. The molecule has 1 fully saturated rings. The quantitative estimate of drug-likeness (QED) is 0.625. The van der Waals surface area contributed by atoms with Gasteiger partial charge in [0.25, 0.3) is 0 Å². The summed E-state index contributed by atoms with van der Waals surface area (Å²) in [7, 11) is -0.576. The zero-order valence-corrected chi connectivity index (χ0v) is 14.5. The van der Waals surface area contributed by atoms with Gasteiger partial charge in [-0.15, -0.1) is 12.4 Å². The highest BCUT2D eigenvalue weighted by Crippen LogP contribution is 2.31. The Balaban J connectivity index is 0.00000264. The van der Waals surface area contributed by atoms with Crippen molar-refractivity contribution >= 4 is 28.1 Å². The fraction of sp³-hybridized carbons (Fsp3) is 0.538. The molecule has 0 unspecified atom stereocenters. The lowest BCUT2D eigenvalue weighted by Gasteiger charge is -2.30. The van der Waals surface area contributed by atoms with Crippen LogP contribution in [0.3, 0.4) is 0 Å². The van der Waals surface area contributed by atoms with E-state index in [1.54, 1.807) is 0 Å². The van der Waals surface area contributed by atoms with Crippen LogP contribution in [0.2, 0.25) is 0 Å². The Kier molecular flexibility index (Phi) is 6.75. The van der Waals surface area contributed by atoms with Gasteiger partial charge in [0.05, 0.1) is 16.9 Å². The monoisotopic (exact) mass is 365 g/mol. The number of rotatable bonds is 5. The van der Waals surface area contributed by atoms with Crippen LogP contribution in [0.1, 0.15) is 12.8 Å². The number of sulfonamides is 1. The summed E-state index contributed by atoms with van der Waals surface area (Å²) in [5.74, 6) is 0.0397. The first-order valence-corrected chi connectivity index (χ1v) is 8.34. The third-order valence-corrected chi connectivity index (χ3v) is 5.74. The van der Waals surface area contributed by atoms with Gasteiger partial charge in [0.2, 0.25) is 10.0 Å². The maximum atomic E-state index is 12.6. The van der Waals surface area contributed by atoms with Crippen LogP contribution in [0.4, 0.5) is 5.69 Å². The Hall–Kier alpha value is -1.42. The molecule has 0 bridgehead atoms. The molecular formula is C13H20ClN3O5S. The van der Waals surface area contributed by atoms with E-state index in [4.69, 9.17) is 4.74 Å².